The second kappa shape index (κ2) is 8.04. The van der Waals surface area contributed by atoms with Crippen LogP contribution in [0.2, 0.25) is 0 Å². The number of hydrogen-bond donors (Lipinski definition) is 1. The first-order chi connectivity index (χ1) is 8.24. The average molecular weight is 233 g/mol. The molecule has 0 fully saturated rings. The van der Waals surface area contributed by atoms with Crippen LogP contribution in [0.3, 0.4) is 0 Å². The first-order valence-electron chi connectivity index (χ1n) is 6.17. The van der Waals surface area contributed by atoms with Gasteiger partial charge in [-0.05, 0) is 43.5 Å². The standard InChI is InChI=1S/C15H23NO/c1-13-7-8-15(12-14(13)2)6-4-5-9-16-10-11-17-3/h4,6-8,12,16H,5,9-11H2,1-3H3. The van der Waals surface area contributed by atoms with Gasteiger partial charge < -0.3 is 10.1 Å². The van der Waals surface area contributed by atoms with Crippen molar-refractivity contribution in [3.63, 3.8) is 0 Å². The van der Waals surface area contributed by atoms with Gasteiger partial charge in [0.1, 0.15) is 0 Å². The van der Waals surface area contributed by atoms with E-state index in [4.69, 9.17) is 4.74 Å². The van der Waals surface area contributed by atoms with Gasteiger partial charge in [0.05, 0.1) is 6.61 Å². The van der Waals surface area contributed by atoms with Crippen LogP contribution in [0.1, 0.15) is 23.1 Å². The highest BCUT2D eigenvalue weighted by molar-refractivity contribution is 5.51. The summed E-state index contributed by atoms with van der Waals surface area (Å²) in [5, 5.41) is 3.32. The van der Waals surface area contributed by atoms with Crippen molar-refractivity contribution in [1.82, 2.24) is 5.32 Å². The predicted molar refractivity (Wildman–Crippen MR) is 74.3 cm³/mol. The molecule has 0 heterocycles. The van der Waals surface area contributed by atoms with Gasteiger partial charge in [-0.2, -0.15) is 0 Å². The van der Waals surface area contributed by atoms with E-state index >= 15 is 0 Å². The van der Waals surface area contributed by atoms with Crippen molar-refractivity contribution >= 4 is 6.08 Å². The summed E-state index contributed by atoms with van der Waals surface area (Å²) in [5.41, 5.74) is 3.98. The molecule has 1 aromatic rings. The Morgan fingerprint density at radius 2 is 2.00 bits per heavy atom. The highest BCUT2D eigenvalue weighted by atomic mass is 16.5. The molecule has 1 rings (SSSR count). The van der Waals surface area contributed by atoms with Crippen LogP contribution in [0, 0.1) is 13.8 Å². The van der Waals surface area contributed by atoms with Crippen molar-refractivity contribution in [2.45, 2.75) is 20.3 Å². The minimum atomic E-state index is 0.779. The Kier molecular flexibility index (Phi) is 6.60. The maximum Gasteiger partial charge on any atom is 0.0587 e. The van der Waals surface area contributed by atoms with Gasteiger partial charge in [0.15, 0.2) is 0 Å². The molecule has 0 aliphatic heterocycles. The van der Waals surface area contributed by atoms with Gasteiger partial charge in [-0.3, -0.25) is 0 Å². The Balaban J connectivity index is 2.26. The zero-order valence-corrected chi connectivity index (χ0v) is 11.1. The van der Waals surface area contributed by atoms with Gasteiger partial charge >= 0.3 is 0 Å². The van der Waals surface area contributed by atoms with E-state index in [1.54, 1.807) is 7.11 Å². The summed E-state index contributed by atoms with van der Waals surface area (Å²) >= 11 is 0. The summed E-state index contributed by atoms with van der Waals surface area (Å²) in [6.45, 7) is 7.00. The fourth-order valence-corrected chi connectivity index (χ4v) is 1.57. The van der Waals surface area contributed by atoms with Crippen LogP contribution in [-0.4, -0.2) is 26.8 Å². The van der Waals surface area contributed by atoms with E-state index < -0.39 is 0 Å². The van der Waals surface area contributed by atoms with Gasteiger partial charge in [0.2, 0.25) is 0 Å². The molecule has 2 nitrogen and oxygen atoms in total. The largest absolute Gasteiger partial charge is 0.383 e. The third kappa shape index (κ3) is 5.66. The zero-order valence-electron chi connectivity index (χ0n) is 11.1. The van der Waals surface area contributed by atoms with E-state index in [1.165, 1.54) is 16.7 Å². The molecule has 1 N–H and O–H groups in total. The molecular weight excluding hydrogens is 210 g/mol. The van der Waals surface area contributed by atoms with Gasteiger partial charge in [-0.15, -0.1) is 0 Å². The lowest BCUT2D eigenvalue weighted by Gasteiger charge is -2.02. The molecular formula is C15H23NO. The molecule has 94 valence electrons. The fourth-order valence-electron chi connectivity index (χ4n) is 1.57. The highest BCUT2D eigenvalue weighted by Gasteiger charge is 1.92. The van der Waals surface area contributed by atoms with Gasteiger partial charge in [0, 0.05) is 13.7 Å². The van der Waals surface area contributed by atoms with E-state index in [0.29, 0.717) is 0 Å². The minimum Gasteiger partial charge on any atom is -0.383 e. The predicted octanol–water partition coefficient (Wildman–Crippen LogP) is 2.94. The molecule has 0 aromatic heterocycles. The molecule has 0 aliphatic carbocycles. The monoisotopic (exact) mass is 233 g/mol. The van der Waals surface area contributed by atoms with E-state index in [1.807, 2.05) is 0 Å². The second-order valence-corrected chi connectivity index (χ2v) is 4.28. The number of ether oxygens (including phenoxy) is 1. The Bertz CT molecular complexity index is 358. The van der Waals surface area contributed by atoms with Crippen molar-refractivity contribution in [1.29, 1.82) is 0 Å². The molecule has 0 bridgehead atoms. The molecule has 0 atom stereocenters. The molecule has 0 saturated carbocycles. The van der Waals surface area contributed by atoms with Gasteiger partial charge in [0.25, 0.3) is 0 Å². The SMILES string of the molecule is COCCNCCC=Cc1ccc(C)c(C)c1. The Morgan fingerprint density at radius 3 is 2.71 bits per heavy atom. The normalized spacial score (nSPS) is 11.2. The Labute approximate surface area is 105 Å². The number of rotatable bonds is 7. The van der Waals surface area contributed by atoms with Crippen molar-refractivity contribution in [2.24, 2.45) is 0 Å². The number of hydrogen-bond acceptors (Lipinski definition) is 2. The fraction of sp³-hybridized carbons (Fsp3) is 0.467. The smallest absolute Gasteiger partial charge is 0.0587 e. The van der Waals surface area contributed by atoms with Crippen molar-refractivity contribution in [3.05, 3.63) is 41.0 Å². The third-order valence-electron chi connectivity index (χ3n) is 2.81. The molecule has 1 aromatic carbocycles. The highest BCUT2D eigenvalue weighted by Crippen LogP contribution is 2.11. The van der Waals surface area contributed by atoms with E-state index in [2.05, 4.69) is 49.5 Å². The lowest BCUT2D eigenvalue weighted by Crippen LogP contribution is -2.19. The zero-order chi connectivity index (χ0) is 12.5. The van der Waals surface area contributed by atoms with Crippen molar-refractivity contribution in [2.75, 3.05) is 26.8 Å². The lowest BCUT2D eigenvalue weighted by atomic mass is 10.1. The average Bonchev–Trinajstić information content (AvgIpc) is 2.32. The molecule has 17 heavy (non-hydrogen) atoms. The summed E-state index contributed by atoms with van der Waals surface area (Å²) in [7, 11) is 1.72. The number of benzene rings is 1. The lowest BCUT2D eigenvalue weighted by molar-refractivity contribution is 0.199. The number of nitrogens with one attached hydrogen (secondary N) is 1. The van der Waals surface area contributed by atoms with Crippen LogP contribution in [0.4, 0.5) is 0 Å². The topological polar surface area (TPSA) is 21.3 Å². The first kappa shape index (κ1) is 13.9. The maximum absolute atomic E-state index is 4.96. The van der Waals surface area contributed by atoms with Gasteiger partial charge in [-0.1, -0.05) is 30.4 Å². The van der Waals surface area contributed by atoms with E-state index in [0.717, 1.165) is 26.1 Å². The molecule has 2 heteroatoms. The van der Waals surface area contributed by atoms with Crippen LogP contribution in [0.25, 0.3) is 6.08 Å². The van der Waals surface area contributed by atoms with E-state index in [-0.39, 0.29) is 0 Å². The van der Waals surface area contributed by atoms with Crippen LogP contribution in [0.15, 0.2) is 24.3 Å². The van der Waals surface area contributed by atoms with Crippen LogP contribution in [-0.2, 0) is 4.74 Å². The summed E-state index contributed by atoms with van der Waals surface area (Å²) < 4.78 is 4.96. The second-order valence-electron chi connectivity index (χ2n) is 4.28. The molecule has 0 unspecified atom stereocenters. The number of methoxy groups -OCH3 is 1. The van der Waals surface area contributed by atoms with Crippen LogP contribution < -0.4 is 5.32 Å². The quantitative estimate of drug-likeness (QED) is 0.731. The minimum absolute atomic E-state index is 0.779. The summed E-state index contributed by atoms with van der Waals surface area (Å²) in [6, 6.07) is 6.56. The summed E-state index contributed by atoms with van der Waals surface area (Å²) in [5.74, 6) is 0. The first-order valence-corrected chi connectivity index (χ1v) is 6.17. The van der Waals surface area contributed by atoms with Crippen molar-refractivity contribution < 1.29 is 4.74 Å². The maximum atomic E-state index is 4.96. The Hall–Kier alpha value is -1.12. The molecule has 0 amide bonds. The van der Waals surface area contributed by atoms with Gasteiger partial charge in [-0.25, -0.2) is 0 Å². The summed E-state index contributed by atoms with van der Waals surface area (Å²) in [6.07, 6.45) is 5.45. The molecule has 0 aliphatic rings. The Morgan fingerprint density at radius 1 is 1.18 bits per heavy atom. The number of aryl methyl sites for hydroxylation is 2. The van der Waals surface area contributed by atoms with Crippen LogP contribution in [0.5, 0.6) is 0 Å². The molecule has 0 saturated heterocycles. The summed E-state index contributed by atoms with van der Waals surface area (Å²) in [4.78, 5) is 0. The third-order valence-corrected chi connectivity index (χ3v) is 2.81. The van der Waals surface area contributed by atoms with E-state index in [9.17, 15) is 0 Å². The van der Waals surface area contributed by atoms with Crippen LogP contribution >= 0.6 is 0 Å². The molecule has 0 radical (unpaired) electrons. The van der Waals surface area contributed by atoms with Crippen molar-refractivity contribution in [3.8, 4) is 0 Å². The molecule has 0 spiro atoms.